The number of allylic oxidation sites excluding steroid dienone is 5. The maximum Gasteiger partial charge on any atom is 0.303 e. The highest BCUT2D eigenvalue weighted by atomic mass is 19.1. The zero-order chi connectivity index (χ0) is 14.3. The predicted molar refractivity (Wildman–Crippen MR) is 71.3 cm³/mol. The Morgan fingerprint density at radius 1 is 1.63 bits per heavy atom. The lowest BCUT2D eigenvalue weighted by atomic mass is 10.2. The minimum Gasteiger partial charge on any atom is -0.481 e. The van der Waals surface area contributed by atoms with Crippen molar-refractivity contribution >= 4 is 5.97 Å². The summed E-state index contributed by atoms with van der Waals surface area (Å²) in [5.41, 5.74) is 1.55. The van der Waals surface area contributed by atoms with E-state index in [1.807, 2.05) is 0 Å². The molecule has 0 aliphatic carbocycles. The molecule has 0 saturated heterocycles. The molecule has 0 aliphatic rings. The summed E-state index contributed by atoms with van der Waals surface area (Å²) in [6, 6.07) is 0. The molecule has 0 atom stereocenters. The number of hydrogen-bond acceptors (Lipinski definition) is 2. The Balaban J connectivity index is 2.83. The van der Waals surface area contributed by atoms with Crippen LogP contribution in [0.3, 0.4) is 0 Å². The fourth-order valence-electron chi connectivity index (χ4n) is 1.68. The monoisotopic (exact) mass is 264 g/mol. The quantitative estimate of drug-likeness (QED) is 0.770. The topological polar surface area (TPSA) is 55.1 Å². The van der Waals surface area contributed by atoms with Crippen LogP contribution in [-0.2, 0) is 17.8 Å². The zero-order valence-electron chi connectivity index (χ0n) is 10.8. The molecule has 0 saturated carbocycles. The van der Waals surface area contributed by atoms with Gasteiger partial charge in [-0.2, -0.15) is 0 Å². The third-order valence-electron chi connectivity index (χ3n) is 2.46. The highest BCUT2D eigenvalue weighted by Gasteiger charge is 2.06. The van der Waals surface area contributed by atoms with Crippen molar-refractivity contribution in [2.75, 3.05) is 0 Å². The summed E-state index contributed by atoms with van der Waals surface area (Å²) in [5, 5.41) is 8.67. The first-order valence-electron chi connectivity index (χ1n) is 5.89. The number of carboxylic acids is 1. The van der Waals surface area contributed by atoms with Crippen LogP contribution >= 0.6 is 0 Å². The molecule has 102 valence electrons. The summed E-state index contributed by atoms with van der Waals surface area (Å²) in [6.45, 7) is 5.39. The van der Waals surface area contributed by atoms with E-state index in [-0.39, 0.29) is 12.2 Å². The van der Waals surface area contributed by atoms with Crippen molar-refractivity contribution in [2.24, 2.45) is 0 Å². The number of hydrogen-bond donors (Lipinski definition) is 1. The number of aliphatic carboxylic acids is 1. The predicted octanol–water partition coefficient (Wildman–Crippen LogP) is 2.89. The van der Waals surface area contributed by atoms with Gasteiger partial charge in [0.1, 0.15) is 0 Å². The first-order valence-corrected chi connectivity index (χ1v) is 5.89. The summed E-state index contributed by atoms with van der Waals surface area (Å²) in [4.78, 5) is 14.6. The van der Waals surface area contributed by atoms with Crippen LogP contribution < -0.4 is 0 Å². The van der Waals surface area contributed by atoms with Gasteiger partial charge in [-0.15, -0.1) is 0 Å². The van der Waals surface area contributed by atoms with Gasteiger partial charge in [-0.05, 0) is 25.0 Å². The minimum atomic E-state index is -0.853. The van der Waals surface area contributed by atoms with E-state index in [1.165, 1.54) is 13.0 Å². The van der Waals surface area contributed by atoms with Gasteiger partial charge in [-0.1, -0.05) is 18.7 Å². The van der Waals surface area contributed by atoms with Crippen molar-refractivity contribution < 1.29 is 14.3 Å². The number of aromatic nitrogens is 2. The number of halogens is 1. The van der Waals surface area contributed by atoms with Gasteiger partial charge >= 0.3 is 5.97 Å². The van der Waals surface area contributed by atoms with Crippen LogP contribution in [-0.4, -0.2) is 20.6 Å². The molecule has 1 heterocycles. The molecule has 1 rings (SSSR count). The lowest BCUT2D eigenvalue weighted by molar-refractivity contribution is -0.136. The zero-order valence-corrected chi connectivity index (χ0v) is 10.8. The Bertz CT molecular complexity index is 511. The maximum atomic E-state index is 12.9. The van der Waals surface area contributed by atoms with Crippen LogP contribution in [0.25, 0.3) is 0 Å². The van der Waals surface area contributed by atoms with Crippen molar-refractivity contribution in [3.8, 4) is 0 Å². The molecule has 4 nitrogen and oxygen atoms in total. The molecular formula is C14H17FN2O2. The van der Waals surface area contributed by atoms with E-state index in [9.17, 15) is 9.18 Å². The molecule has 0 unspecified atom stereocenters. The van der Waals surface area contributed by atoms with Crippen molar-refractivity contribution in [1.82, 2.24) is 9.55 Å². The van der Waals surface area contributed by atoms with Gasteiger partial charge in [0.25, 0.3) is 0 Å². The molecule has 0 aliphatic heterocycles. The van der Waals surface area contributed by atoms with Gasteiger partial charge in [-0.3, -0.25) is 4.79 Å². The number of carboxylic acid groups (broad SMARTS) is 1. The van der Waals surface area contributed by atoms with Gasteiger partial charge in [-0.25, -0.2) is 9.37 Å². The lowest BCUT2D eigenvalue weighted by Crippen LogP contribution is -2.06. The molecule has 0 amide bonds. The number of rotatable bonds is 7. The lowest BCUT2D eigenvalue weighted by Gasteiger charge is -2.08. The minimum absolute atomic E-state index is 0.0458. The second-order valence-corrected chi connectivity index (χ2v) is 4.12. The molecule has 0 aromatic carbocycles. The summed E-state index contributed by atoms with van der Waals surface area (Å²) < 4.78 is 14.7. The SMILES string of the molecule is C=C/C=C(\C=C(/C)F)Cn1cncc1CCC(=O)O. The molecule has 0 fully saturated rings. The Hall–Kier alpha value is -2.17. The first kappa shape index (κ1) is 14.9. The standard InChI is InChI=1S/C14H17FN2O2/c1-3-4-12(7-11(2)15)9-17-10-16-8-13(17)5-6-14(18)19/h3-4,7-8,10H,1,5-6,9H2,2H3,(H,18,19)/b11-7+,12-4+. The Morgan fingerprint density at radius 3 is 2.95 bits per heavy atom. The summed E-state index contributed by atoms with van der Waals surface area (Å²) in [7, 11) is 0. The molecule has 0 bridgehead atoms. The molecule has 5 heteroatoms. The molecule has 1 aromatic heterocycles. The van der Waals surface area contributed by atoms with Gasteiger partial charge in [0, 0.05) is 18.4 Å². The molecule has 0 spiro atoms. The average Bonchev–Trinajstić information content (AvgIpc) is 2.73. The third kappa shape index (κ3) is 5.33. The van der Waals surface area contributed by atoms with Gasteiger partial charge in [0.2, 0.25) is 0 Å². The van der Waals surface area contributed by atoms with Crippen LogP contribution in [0.15, 0.2) is 48.7 Å². The summed E-state index contributed by atoms with van der Waals surface area (Å²) >= 11 is 0. The second-order valence-electron chi connectivity index (χ2n) is 4.12. The highest BCUT2D eigenvalue weighted by molar-refractivity contribution is 5.66. The number of imidazole rings is 1. The van der Waals surface area contributed by atoms with E-state index in [0.29, 0.717) is 13.0 Å². The van der Waals surface area contributed by atoms with Crippen molar-refractivity contribution in [3.63, 3.8) is 0 Å². The van der Waals surface area contributed by atoms with Gasteiger partial charge in [0.15, 0.2) is 0 Å². The smallest absolute Gasteiger partial charge is 0.303 e. The van der Waals surface area contributed by atoms with Gasteiger partial charge < -0.3 is 9.67 Å². The summed E-state index contributed by atoms with van der Waals surface area (Å²) in [6.07, 6.45) is 8.39. The number of nitrogens with zero attached hydrogens (tertiary/aromatic N) is 2. The average molecular weight is 264 g/mol. The third-order valence-corrected chi connectivity index (χ3v) is 2.46. The molecule has 0 radical (unpaired) electrons. The van der Waals surface area contributed by atoms with E-state index in [1.54, 1.807) is 29.2 Å². The highest BCUT2D eigenvalue weighted by Crippen LogP contribution is 2.11. The van der Waals surface area contributed by atoms with E-state index < -0.39 is 5.97 Å². The van der Waals surface area contributed by atoms with E-state index in [4.69, 9.17) is 5.11 Å². The van der Waals surface area contributed by atoms with Crippen molar-refractivity contribution in [1.29, 1.82) is 0 Å². The second kappa shape index (κ2) is 7.31. The molecule has 1 N–H and O–H groups in total. The first-order chi connectivity index (χ1) is 9.02. The Kier molecular flexibility index (Phi) is 5.73. The number of aryl methyl sites for hydroxylation is 1. The van der Waals surface area contributed by atoms with Gasteiger partial charge in [0.05, 0.1) is 18.6 Å². The van der Waals surface area contributed by atoms with Crippen molar-refractivity contribution in [2.45, 2.75) is 26.3 Å². The van der Waals surface area contributed by atoms with Crippen molar-refractivity contribution in [3.05, 3.63) is 54.4 Å². The van der Waals surface area contributed by atoms with E-state index in [0.717, 1.165) is 11.3 Å². The molecule has 19 heavy (non-hydrogen) atoms. The van der Waals surface area contributed by atoms with E-state index in [2.05, 4.69) is 11.6 Å². The number of carbonyl (C=O) groups is 1. The van der Waals surface area contributed by atoms with Crippen LogP contribution in [0.2, 0.25) is 0 Å². The van der Waals surface area contributed by atoms with Crippen LogP contribution in [0.5, 0.6) is 0 Å². The maximum absolute atomic E-state index is 12.9. The fourth-order valence-corrected chi connectivity index (χ4v) is 1.68. The van der Waals surface area contributed by atoms with Crippen LogP contribution in [0, 0.1) is 0 Å². The molecular weight excluding hydrogens is 247 g/mol. The van der Waals surface area contributed by atoms with Crippen LogP contribution in [0.4, 0.5) is 4.39 Å². The van der Waals surface area contributed by atoms with E-state index >= 15 is 0 Å². The normalized spacial score (nSPS) is 12.5. The summed E-state index contributed by atoms with van der Waals surface area (Å²) in [5.74, 6) is -1.14. The molecule has 1 aromatic rings. The Morgan fingerprint density at radius 2 is 2.37 bits per heavy atom. The van der Waals surface area contributed by atoms with Crippen LogP contribution in [0.1, 0.15) is 19.0 Å². The fraction of sp³-hybridized carbons (Fsp3) is 0.286. The largest absolute Gasteiger partial charge is 0.481 e. The Labute approximate surface area is 111 Å².